The van der Waals surface area contributed by atoms with Gasteiger partial charge in [0.2, 0.25) is 5.88 Å². The number of likely N-dealkylation sites (tertiary alicyclic amines) is 1. The summed E-state index contributed by atoms with van der Waals surface area (Å²) in [7, 11) is 0. The molecule has 1 aliphatic heterocycles. The van der Waals surface area contributed by atoms with Gasteiger partial charge in [-0.15, -0.1) is 0 Å². The zero-order chi connectivity index (χ0) is 14.7. The van der Waals surface area contributed by atoms with E-state index in [1.807, 2.05) is 0 Å². The molecule has 0 aliphatic carbocycles. The van der Waals surface area contributed by atoms with E-state index in [9.17, 15) is 9.59 Å². The van der Waals surface area contributed by atoms with Crippen LogP contribution in [0.1, 0.15) is 23.3 Å². The fourth-order valence-electron chi connectivity index (χ4n) is 2.35. The van der Waals surface area contributed by atoms with E-state index in [4.69, 9.17) is 4.74 Å². The van der Waals surface area contributed by atoms with Crippen LogP contribution in [0.25, 0.3) is 0 Å². The Bertz CT molecular complexity index is 666. The molecule has 0 aromatic carbocycles. The van der Waals surface area contributed by atoms with Crippen LogP contribution in [0.2, 0.25) is 0 Å². The standard InChI is InChI=1S/C13H15N5O3/c19-12(10-6-16-13(20)17-10)18-5-1-2-9(8-18)21-11-7-14-3-4-15-11/h3-4,6-7,9H,1-2,5,8H2,(H2,16,17,20)/t9-/m1/s1. The first kappa shape index (κ1) is 13.3. The molecule has 1 aliphatic rings. The number of carbonyl (C=O) groups excluding carboxylic acids is 1. The van der Waals surface area contributed by atoms with Crippen LogP contribution in [0.4, 0.5) is 0 Å². The number of carbonyl (C=O) groups is 1. The van der Waals surface area contributed by atoms with E-state index in [0.717, 1.165) is 12.8 Å². The second-order valence-electron chi connectivity index (χ2n) is 4.83. The van der Waals surface area contributed by atoms with Crippen molar-refractivity contribution >= 4 is 5.91 Å². The van der Waals surface area contributed by atoms with Crippen LogP contribution in [-0.4, -0.2) is 49.9 Å². The van der Waals surface area contributed by atoms with Crippen LogP contribution in [0.15, 0.2) is 29.6 Å². The third kappa shape index (κ3) is 3.10. The molecule has 1 amide bonds. The lowest BCUT2D eigenvalue weighted by molar-refractivity contribution is 0.0522. The molecule has 0 spiro atoms. The highest BCUT2D eigenvalue weighted by Gasteiger charge is 2.26. The van der Waals surface area contributed by atoms with Gasteiger partial charge in [-0.3, -0.25) is 9.78 Å². The van der Waals surface area contributed by atoms with Gasteiger partial charge in [0.25, 0.3) is 5.91 Å². The number of aromatic nitrogens is 4. The molecule has 0 bridgehead atoms. The van der Waals surface area contributed by atoms with Crippen LogP contribution in [0, 0.1) is 0 Å². The number of imidazole rings is 1. The van der Waals surface area contributed by atoms with Gasteiger partial charge in [0.05, 0.1) is 12.7 Å². The summed E-state index contributed by atoms with van der Waals surface area (Å²) in [6.07, 6.45) is 7.64. The number of piperidine rings is 1. The van der Waals surface area contributed by atoms with Crippen molar-refractivity contribution in [3.8, 4) is 5.88 Å². The molecule has 2 N–H and O–H groups in total. The van der Waals surface area contributed by atoms with Gasteiger partial charge in [-0.2, -0.15) is 0 Å². The minimum atomic E-state index is -0.386. The summed E-state index contributed by atoms with van der Waals surface area (Å²) >= 11 is 0. The van der Waals surface area contributed by atoms with Gasteiger partial charge >= 0.3 is 5.69 Å². The molecule has 0 saturated carbocycles. The van der Waals surface area contributed by atoms with Crippen molar-refractivity contribution in [2.75, 3.05) is 13.1 Å². The molecule has 2 aromatic rings. The van der Waals surface area contributed by atoms with E-state index < -0.39 is 0 Å². The third-order valence-corrected chi connectivity index (χ3v) is 3.32. The maximum absolute atomic E-state index is 12.3. The van der Waals surface area contributed by atoms with Crippen molar-refractivity contribution in [1.82, 2.24) is 24.8 Å². The average molecular weight is 289 g/mol. The van der Waals surface area contributed by atoms with Gasteiger partial charge in [-0.1, -0.05) is 0 Å². The Kier molecular flexibility index (Phi) is 3.67. The molecule has 2 aromatic heterocycles. The molecule has 8 nitrogen and oxygen atoms in total. The van der Waals surface area contributed by atoms with Gasteiger partial charge in [0, 0.05) is 25.1 Å². The summed E-state index contributed by atoms with van der Waals surface area (Å²) in [5.41, 5.74) is -0.122. The number of nitrogens with one attached hydrogen (secondary N) is 2. The zero-order valence-corrected chi connectivity index (χ0v) is 11.3. The monoisotopic (exact) mass is 289 g/mol. The first-order valence-corrected chi connectivity index (χ1v) is 6.72. The van der Waals surface area contributed by atoms with Crippen molar-refractivity contribution in [1.29, 1.82) is 0 Å². The number of amides is 1. The molecule has 110 valence electrons. The Morgan fingerprint density at radius 2 is 2.33 bits per heavy atom. The molecule has 1 fully saturated rings. The molecule has 1 atom stereocenters. The van der Waals surface area contributed by atoms with Crippen molar-refractivity contribution in [2.45, 2.75) is 18.9 Å². The van der Waals surface area contributed by atoms with Crippen LogP contribution in [0.5, 0.6) is 5.88 Å². The largest absolute Gasteiger partial charge is 0.471 e. The van der Waals surface area contributed by atoms with Crippen LogP contribution < -0.4 is 10.4 Å². The molecule has 8 heteroatoms. The zero-order valence-electron chi connectivity index (χ0n) is 11.3. The average Bonchev–Trinajstić information content (AvgIpc) is 2.94. The van der Waals surface area contributed by atoms with Crippen molar-refractivity contribution in [3.05, 3.63) is 41.0 Å². The van der Waals surface area contributed by atoms with Crippen LogP contribution >= 0.6 is 0 Å². The molecular weight excluding hydrogens is 274 g/mol. The Balaban J connectivity index is 1.65. The minimum absolute atomic E-state index is 0.120. The second kappa shape index (κ2) is 5.78. The molecule has 1 saturated heterocycles. The lowest BCUT2D eigenvalue weighted by Crippen LogP contribution is -2.44. The highest BCUT2D eigenvalue weighted by atomic mass is 16.5. The SMILES string of the molecule is O=C(c1c[nH]c(=O)[nH]1)N1CCC[C@@H](Oc2cnccn2)C1. The van der Waals surface area contributed by atoms with Gasteiger partial charge in [-0.25, -0.2) is 9.78 Å². The maximum atomic E-state index is 12.3. The van der Waals surface area contributed by atoms with Gasteiger partial charge in [0.15, 0.2) is 0 Å². The number of hydrogen-bond donors (Lipinski definition) is 2. The number of aromatic amines is 2. The number of hydrogen-bond acceptors (Lipinski definition) is 5. The molecular formula is C13H15N5O3. The highest BCUT2D eigenvalue weighted by molar-refractivity contribution is 5.92. The van der Waals surface area contributed by atoms with Gasteiger partial charge in [-0.05, 0) is 12.8 Å². The Morgan fingerprint density at radius 3 is 3.05 bits per heavy atom. The fraction of sp³-hybridized carbons (Fsp3) is 0.385. The first-order chi connectivity index (χ1) is 10.2. The van der Waals surface area contributed by atoms with Crippen molar-refractivity contribution in [2.24, 2.45) is 0 Å². The van der Waals surface area contributed by atoms with Crippen LogP contribution in [0.3, 0.4) is 0 Å². The Hall–Kier alpha value is -2.64. The summed E-state index contributed by atoms with van der Waals surface area (Å²) in [6, 6.07) is 0. The van der Waals surface area contributed by atoms with Gasteiger partial charge in [0.1, 0.15) is 11.8 Å². The molecule has 0 unspecified atom stereocenters. The van der Waals surface area contributed by atoms with E-state index in [0.29, 0.717) is 19.0 Å². The number of ether oxygens (including phenoxy) is 1. The fourth-order valence-corrected chi connectivity index (χ4v) is 2.35. The minimum Gasteiger partial charge on any atom is -0.471 e. The van der Waals surface area contributed by atoms with E-state index in [1.165, 1.54) is 6.20 Å². The summed E-state index contributed by atoms with van der Waals surface area (Å²) in [5.74, 6) is 0.243. The highest BCUT2D eigenvalue weighted by Crippen LogP contribution is 2.17. The second-order valence-corrected chi connectivity index (χ2v) is 4.83. The third-order valence-electron chi connectivity index (χ3n) is 3.32. The summed E-state index contributed by atoms with van der Waals surface area (Å²) in [5, 5.41) is 0. The van der Waals surface area contributed by atoms with Crippen molar-refractivity contribution < 1.29 is 9.53 Å². The number of H-pyrrole nitrogens is 2. The first-order valence-electron chi connectivity index (χ1n) is 6.72. The molecule has 3 rings (SSSR count). The van der Waals surface area contributed by atoms with Crippen molar-refractivity contribution in [3.63, 3.8) is 0 Å². The predicted molar refractivity (Wildman–Crippen MR) is 73.0 cm³/mol. The summed E-state index contributed by atoms with van der Waals surface area (Å²) < 4.78 is 5.73. The van der Waals surface area contributed by atoms with Gasteiger partial charge < -0.3 is 19.6 Å². The predicted octanol–water partition coefficient (Wildman–Crippen LogP) is 0.177. The normalized spacial score (nSPS) is 18.5. The lowest BCUT2D eigenvalue weighted by Gasteiger charge is -2.32. The van der Waals surface area contributed by atoms with E-state index in [-0.39, 0.29) is 23.4 Å². The number of rotatable bonds is 3. The smallest absolute Gasteiger partial charge is 0.323 e. The van der Waals surface area contributed by atoms with Crippen LogP contribution in [-0.2, 0) is 0 Å². The Morgan fingerprint density at radius 1 is 1.43 bits per heavy atom. The lowest BCUT2D eigenvalue weighted by atomic mass is 10.1. The maximum Gasteiger partial charge on any atom is 0.323 e. The summed E-state index contributed by atoms with van der Waals surface area (Å²) in [4.78, 5) is 37.9. The molecule has 21 heavy (non-hydrogen) atoms. The Labute approximate surface area is 120 Å². The topological polar surface area (TPSA) is 104 Å². The van der Waals surface area contributed by atoms with E-state index in [1.54, 1.807) is 23.5 Å². The summed E-state index contributed by atoms with van der Waals surface area (Å²) in [6.45, 7) is 1.11. The van der Waals surface area contributed by atoms with E-state index in [2.05, 4.69) is 19.9 Å². The molecule has 0 radical (unpaired) electrons. The molecule has 3 heterocycles. The van der Waals surface area contributed by atoms with E-state index >= 15 is 0 Å². The quantitative estimate of drug-likeness (QED) is 0.838. The number of nitrogens with zero attached hydrogens (tertiary/aromatic N) is 3.